The van der Waals surface area contributed by atoms with Crippen LogP contribution in [0.1, 0.15) is 36.1 Å². The number of aromatic nitrogens is 1. The number of thiazole rings is 1. The van der Waals surface area contributed by atoms with Crippen LogP contribution in [0.2, 0.25) is 0 Å². The van der Waals surface area contributed by atoms with Crippen molar-refractivity contribution >= 4 is 17.2 Å². The number of nitrogens with zero attached hydrogens (tertiary/aromatic N) is 1. The first-order chi connectivity index (χ1) is 12.6. The van der Waals surface area contributed by atoms with Gasteiger partial charge in [-0.25, -0.2) is 4.98 Å². The molecule has 3 rings (SSSR count). The van der Waals surface area contributed by atoms with Crippen LogP contribution < -0.4 is 10.6 Å². The van der Waals surface area contributed by atoms with E-state index in [1.807, 2.05) is 18.2 Å². The Kier molecular flexibility index (Phi) is 6.80. The number of hydrogen-bond acceptors (Lipinski definition) is 4. The summed E-state index contributed by atoms with van der Waals surface area (Å²) in [6.07, 6.45) is 3.88. The van der Waals surface area contributed by atoms with Crippen LogP contribution >= 0.6 is 11.3 Å². The Morgan fingerprint density at radius 1 is 1.38 bits per heavy atom. The highest BCUT2D eigenvalue weighted by molar-refractivity contribution is 7.12. The highest BCUT2D eigenvalue weighted by Gasteiger charge is 2.21. The molecular weight excluding hydrogens is 342 g/mol. The molecule has 140 valence electrons. The molecule has 2 N–H and O–H groups in total. The molecule has 1 aliphatic heterocycles. The average molecular weight is 372 g/mol. The number of carbonyl (C=O) groups is 1. The minimum absolute atomic E-state index is 0.166. The standard InChI is InChI=1S/C21H29N3OS/c1-15(18-9-6-11-22-14-18)13-19(25)23-12-10-20-24-21(16(2)26-20)17-7-4-3-5-8-17/h3-5,7-8,15,18,22H,6,9-14H2,1-2H3,(H,23,25). The second-order valence-electron chi connectivity index (χ2n) is 7.27. The summed E-state index contributed by atoms with van der Waals surface area (Å²) in [5, 5.41) is 7.60. The average Bonchev–Trinajstić information content (AvgIpc) is 3.03. The summed E-state index contributed by atoms with van der Waals surface area (Å²) in [6, 6.07) is 10.3. The number of rotatable bonds is 7. The molecule has 1 saturated heterocycles. The third-order valence-electron chi connectivity index (χ3n) is 5.20. The molecule has 2 aromatic rings. The second-order valence-corrected chi connectivity index (χ2v) is 8.55. The monoisotopic (exact) mass is 371 g/mol. The van der Waals surface area contributed by atoms with Crippen molar-refractivity contribution in [3.63, 3.8) is 0 Å². The maximum Gasteiger partial charge on any atom is 0.220 e. The first-order valence-electron chi connectivity index (χ1n) is 9.62. The number of piperidine rings is 1. The lowest BCUT2D eigenvalue weighted by Gasteiger charge is -2.28. The molecule has 1 fully saturated rings. The topological polar surface area (TPSA) is 54.0 Å². The zero-order chi connectivity index (χ0) is 18.4. The predicted octanol–water partition coefficient (Wildman–Crippen LogP) is 3.80. The Labute approximate surface area is 160 Å². The van der Waals surface area contributed by atoms with Crippen LogP contribution in [0.3, 0.4) is 0 Å². The maximum absolute atomic E-state index is 12.2. The summed E-state index contributed by atoms with van der Waals surface area (Å²) in [5.74, 6) is 1.23. The van der Waals surface area contributed by atoms with Crippen LogP contribution in [0.4, 0.5) is 0 Å². The fourth-order valence-electron chi connectivity index (χ4n) is 3.63. The van der Waals surface area contributed by atoms with E-state index in [0.717, 1.165) is 35.8 Å². The van der Waals surface area contributed by atoms with Crippen LogP contribution in [0.15, 0.2) is 30.3 Å². The van der Waals surface area contributed by atoms with Crippen LogP contribution in [-0.2, 0) is 11.2 Å². The molecule has 1 aromatic carbocycles. The van der Waals surface area contributed by atoms with Crippen molar-refractivity contribution < 1.29 is 4.79 Å². The maximum atomic E-state index is 12.2. The highest BCUT2D eigenvalue weighted by atomic mass is 32.1. The van der Waals surface area contributed by atoms with E-state index < -0.39 is 0 Å². The normalized spacial score (nSPS) is 18.5. The Bertz CT molecular complexity index is 707. The fraction of sp³-hybridized carbons (Fsp3) is 0.524. The third-order valence-corrected chi connectivity index (χ3v) is 6.23. The molecule has 2 atom stereocenters. The molecule has 26 heavy (non-hydrogen) atoms. The van der Waals surface area contributed by atoms with Gasteiger partial charge < -0.3 is 10.6 Å². The molecule has 1 aliphatic rings. The van der Waals surface area contributed by atoms with Gasteiger partial charge in [-0.3, -0.25) is 4.79 Å². The molecule has 5 heteroatoms. The van der Waals surface area contributed by atoms with Gasteiger partial charge in [0.25, 0.3) is 0 Å². The molecule has 2 heterocycles. The summed E-state index contributed by atoms with van der Waals surface area (Å²) in [4.78, 5) is 18.2. The smallest absolute Gasteiger partial charge is 0.220 e. The quantitative estimate of drug-likeness (QED) is 0.778. The van der Waals surface area contributed by atoms with Gasteiger partial charge in [0.2, 0.25) is 5.91 Å². The molecule has 0 bridgehead atoms. The van der Waals surface area contributed by atoms with Crippen molar-refractivity contribution in [2.45, 2.75) is 39.5 Å². The number of aryl methyl sites for hydroxylation is 1. The third kappa shape index (κ3) is 5.15. The van der Waals surface area contributed by atoms with E-state index in [1.54, 1.807) is 11.3 Å². The minimum atomic E-state index is 0.166. The summed E-state index contributed by atoms with van der Waals surface area (Å²) in [7, 11) is 0. The van der Waals surface area contributed by atoms with Crippen molar-refractivity contribution in [1.82, 2.24) is 15.6 Å². The van der Waals surface area contributed by atoms with Gasteiger partial charge >= 0.3 is 0 Å². The van der Waals surface area contributed by atoms with Gasteiger partial charge in [0.05, 0.1) is 10.7 Å². The van der Waals surface area contributed by atoms with Crippen LogP contribution in [-0.4, -0.2) is 30.5 Å². The zero-order valence-electron chi connectivity index (χ0n) is 15.8. The lowest BCUT2D eigenvalue weighted by Crippen LogP contribution is -2.36. The summed E-state index contributed by atoms with van der Waals surface area (Å²) >= 11 is 1.73. The van der Waals surface area contributed by atoms with E-state index in [9.17, 15) is 4.79 Å². The van der Waals surface area contributed by atoms with Gasteiger partial charge in [-0.1, -0.05) is 37.3 Å². The van der Waals surface area contributed by atoms with Gasteiger partial charge in [0, 0.05) is 29.8 Å². The molecular formula is C21H29N3OS. The van der Waals surface area contributed by atoms with Crippen molar-refractivity contribution in [3.8, 4) is 11.3 Å². The SMILES string of the molecule is Cc1sc(CCNC(=O)CC(C)C2CCCNC2)nc1-c1ccccc1. The Balaban J connectivity index is 1.45. The lowest BCUT2D eigenvalue weighted by molar-refractivity contribution is -0.122. The van der Waals surface area contributed by atoms with Crippen LogP contribution in [0.5, 0.6) is 0 Å². The van der Waals surface area contributed by atoms with E-state index in [4.69, 9.17) is 4.98 Å². The van der Waals surface area contributed by atoms with Gasteiger partial charge in [0.1, 0.15) is 0 Å². The Morgan fingerprint density at radius 2 is 2.19 bits per heavy atom. The first-order valence-corrected chi connectivity index (χ1v) is 10.4. The number of carbonyl (C=O) groups excluding carboxylic acids is 1. The van der Waals surface area contributed by atoms with E-state index in [0.29, 0.717) is 24.8 Å². The summed E-state index contributed by atoms with van der Waals surface area (Å²) in [6.45, 7) is 7.15. The van der Waals surface area contributed by atoms with Crippen LogP contribution in [0, 0.1) is 18.8 Å². The molecule has 1 aromatic heterocycles. The molecule has 4 nitrogen and oxygen atoms in total. The van der Waals surface area contributed by atoms with Gasteiger partial charge in [-0.2, -0.15) is 0 Å². The highest BCUT2D eigenvalue weighted by Crippen LogP contribution is 2.27. The minimum Gasteiger partial charge on any atom is -0.356 e. The van der Waals surface area contributed by atoms with E-state index >= 15 is 0 Å². The number of hydrogen-bond donors (Lipinski definition) is 2. The van der Waals surface area contributed by atoms with Gasteiger partial charge in [-0.05, 0) is 44.7 Å². The van der Waals surface area contributed by atoms with Crippen molar-refractivity contribution in [2.24, 2.45) is 11.8 Å². The second kappa shape index (κ2) is 9.28. The van der Waals surface area contributed by atoms with E-state index in [1.165, 1.54) is 17.7 Å². The van der Waals surface area contributed by atoms with Crippen molar-refractivity contribution in [1.29, 1.82) is 0 Å². The molecule has 2 unspecified atom stereocenters. The Morgan fingerprint density at radius 3 is 2.92 bits per heavy atom. The largest absolute Gasteiger partial charge is 0.356 e. The number of benzene rings is 1. The molecule has 0 aliphatic carbocycles. The summed E-state index contributed by atoms with van der Waals surface area (Å²) < 4.78 is 0. The van der Waals surface area contributed by atoms with Crippen molar-refractivity contribution in [2.75, 3.05) is 19.6 Å². The Hall–Kier alpha value is -1.72. The van der Waals surface area contributed by atoms with Gasteiger partial charge in [-0.15, -0.1) is 11.3 Å². The van der Waals surface area contributed by atoms with Gasteiger partial charge in [0.15, 0.2) is 0 Å². The zero-order valence-corrected chi connectivity index (χ0v) is 16.6. The first kappa shape index (κ1) is 19.1. The van der Waals surface area contributed by atoms with Crippen molar-refractivity contribution in [3.05, 3.63) is 40.2 Å². The number of nitrogens with one attached hydrogen (secondary N) is 2. The lowest BCUT2D eigenvalue weighted by atomic mass is 9.85. The van der Waals surface area contributed by atoms with Crippen LogP contribution in [0.25, 0.3) is 11.3 Å². The molecule has 1 amide bonds. The van der Waals surface area contributed by atoms with E-state index in [-0.39, 0.29) is 5.91 Å². The van der Waals surface area contributed by atoms with E-state index in [2.05, 4.69) is 36.6 Å². The molecule has 0 spiro atoms. The summed E-state index contributed by atoms with van der Waals surface area (Å²) in [5.41, 5.74) is 2.22. The molecule has 0 radical (unpaired) electrons. The number of amides is 1. The predicted molar refractivity (Wildman–Crippen MR) is 108 cm³/mol. The fourth-order valence-corrected chi connectivity index (χ4v) is 4.58. The molecule has 0 saturated carbocycles.